The van der Waals surface area contributed by atoms with Gasteiger partial charge in [-0.05, 0) is 49.2 Å². The highest BCUT2D eigenvalue weighted by atomic mass is 79.9. The zero-order valence-corrected chi connectivity index (χ0v) is 15.9. The van der Waals surface area contributed by atoms with Gasteiger partial charge in [0.25, 0.3) is 0 Å². The minimum Gasteiger partial charge on any atom is -0.479 e. The van der Waals surface area contributed by atoms with Crippen molar-refractivity contribution >= 4 is 32.9 Å². The second-order valence-corrected chi connectivity index (χ2v) is 6.57. The number of hydrogen-bond acceptors (Lipinski definition) is 5. The largest absolute Gasteiger partial charge is 0.479 e. The molecule has 3 rings (SSSR count). The monoisotopic (exact) mass is 416 g/mol. The summed E-state index contributed by atoms with van der Waals surface area (Å²) in [4.78, 5) is 23.7. The third-order valence-corrected chi connectivity index (χ3v) is 4.33. The van der Waals surface area contributed by atoms with Crippen LogP contribution in [0, 0.1) is 0 Å². The number of fused-ring (bicyclic) bond motifs is 1. The van der Waals surface area contributed by atoms with E-state index in [1.807, 2.05) is 30.3 Å². The molecule has 0 saturated heterocycles. The van der Waals surface area contributed by atoms with Gasteiger partial charge < -0.3 is 13.9 Å². The fourth-order valence-electron chi connectivity index (χ4n) is 2.60. The lowest BCUT2D eigenvalue weighted by atomic mass is 10.0. The van der Waals surface area contributed by atoms with Crippen molar-refractivity contribution in [3.05, 3.63) is 63.4 Å². The first kappa shape index (κ1) is 18.2. The topological polar surface area (TPSA) is 65.7 Å². The number of carbonyl (C=O) groups is 1. The predicted molar refractivity (Wildman–Crippen MR) is 102 cm³/mol. The van der Waals surface area contributed by atoms with E-state index in [1.54, 1.807) is 26.0 Å². The average Bonchev–Trinajstić information content (AvgIpc) is 2.61. The molecule has 0 aliphatic rings. The van der Waals surface area contributed by atoms with Gasteiger partial charge in [0.15, 0.2) is 6.10 Å². The molecule has 6 heteroatoms. The number of halogens is 1. The number of benzene rings is 2. The fraction of sp³-hybridized carbons (Fsp3) is 0.200. The summed E-state index contributed by atoms with van der Waals surface area (Å²) in [5, 5.41) is 0.781. The van der Waals surface area contributed by atoms with Crippen LogP contribution in [0.1, 0.15) is 13.8 Å². The minimum absolute atomic E-state index is 0.287. The van der Waals surface area contributed by atoms with Crippen LogP contribution in [0.2, 0.25) is 0 Å². The SMILES string of the molecule is CCOC(=O)C(C)Oc1ccc2c(-c3ccc(Br)cc3)cc(=O)oc2c1. The van der Waals surface area contributed by atoms with Crippen LogP contribution in [0.3, 0.4) is 0 Å². The first-order valence-electron chi connectivity index (χ1n) is 8.15. The fourth-order valence-corrected chi connectivity index (χ4v) is 2.86. The van der Waals surface area contributed by atoms with Crippen LogP contribution < -0.4 is 10.4 Å². The van der Waals surface area contributed by atoms with Gasteiger partial charge in [0.05, 0.1) is 6.61 Å². The Hall–Kier alpha value is -2.60. The lowest BCUT2D eigenvalue weighted by Crippen LogP contribution is -2.26. The molecule has 1 unspecified atom stereocenters. The van der Waals surface area contributed by atoms with Gasteiger partial charge in [0.1, 0.15) is 11.3 Å². The summed E-state index contributed by atoms with van der Waals surface area (Å²) in [6.45, 7) is 3.63. The van der Waals surface area contributed by atoms with Crippen LogP contribution in [-0.4, -0.2) is 18.7 Å². The lowest BCUT2D eigenvalue weighted by molar-refractivity contribution is -0.150. The third-order valence-electron chi connectivity index (χ3n) is 3.80. The molecule has 0 radical (unpaired) electrons. The Morgan fingerprint density at radius 1 is 1.15 bits per heavy atom. The summed E-state index contributed by atoms with van der Waals surface area (Å²) < 4.78 is 16.8. The molecule has 3 aromatic rings. The Kier molecular flexibility index (Phi) is 5.42. The van der Waals surface area contributed by atoms with Crippen LogP contribution in [0.4, 0.5) is 0 Å². The van der Waals surface area contributed by atoms with Crippen molar-refractivity contribution in [1.29, 1.82) is 0 Å². The van der Waals surface area contributed by atoms with Crippen molar-refractivity contribution in [3.63, 3.8) is 0 Å². The van der Waals surface area contributed by atoms with Crippen molar-refractivity contribution in [3.8, 4) is 16.9 Å². The molecule has 0 amide bonds. The highest BCUT2D eigenvalue weighted by Gasteiger charge is 2.16. The second kappa shape index (κ2) is 7.74. The molecular formula is C20H17BrO5. The van der Waals surface area contributed by atoms with Gasteiger partial charge in [0, 0.05) is 22.0 Å². The van der Waals surface area contributed by atoms with Crippen LogP contribution in [0.15, 0.2) is 62.2 Å². The van der Waals surface area contributed by atoms with Gasteiger partial charge in [-0.1, -0.05) is 28.1 Å². The normalized spacial score (nSPS) is 12.0. The second-order valence-electron chi connectivity index (χ2n) is 5.66. The third kappa shape index (κ3) is 3.96. The van der Waals surface area contributed by atoms with Gasteiger partial charge in [-0.25, -0.2) is 9.59 Å². The molecule has 26 heavy (non-hydrogen) atoms. The molecule has 1 heterocycles. The molecule has 0 aliphatic heterocycles. The van der Waals surface area contributed by atoms with Crippen LogP contribution in [-0.2, 0) is 9.53 Å². The van der Waals surface area contributed by atoms with Crippen molar-refractivity contribution in [2.75, 3.05) is 6.61 Å². The van der Waals surface area contributed by atoms with E-state index in [4.69, 9.17) is 13.9 Å². The van der Waals surface area contributed by atoms with Crippen molar-refractivity contribution < 1.29 is 18.7 Å². The molecule has 1 atom stereocenters. The molecule has 0 N–H and O–H groups in total. The van der Waals surface area contributed by atoms with E-state index < -0.39 is 17.7 Å². The highest BCUT2D eigenvalue weighted by molar-refractivity contribution is 9.10. The van der Waals surface area contributed by atoms with Crippen LogP contribution in [0.25, 0.3) is 22.1 Å². The quantitative estimate of drug-likeness (QED) is 0.450. The first-order chi connectivity index (χ1) is 12.5. The average molecular weight is 417 g/mol. The van der Waals surface area contributed by atoms with E-state index in [0.29, 0.717) is 11.3 Å². The number of carbonyl (C=O) groups excluding carboxylic acids is 1. The van der Waals surface area contributed by atoms with E-state index >= 15 is 0 Å². The highest BCUT2D eigenvalue weighted by Crippen LogP contribution is 2.30. The summed E-state index contributed by atoms with van der Waals surface area (Å²) in [5.41, 5.74) is 1.61. The summed E-state index contributed by atoms with van der Waals surface area (Å²) in [6.07, 6.45) is -0.756. The van der Waals surface area contributed by atoms with Crippen molar-refractivity contribution in [1.82, 2.24) is 0 Å². The first-order valence-corrected chi connectivity index (χ1v) is 8.94. The maximum absolute atomic E-state index is 12.0. The van der Waals surface area contributed by atoms with Gasteiger partial charge in [-0.15, -0.1) is 0 Å². The zero-order chi connectivity index (χ0) is 18.7. The maximum Gasteiger partial charge on any atom is 0.347 e. The van der Waals surface area contributed by atoms with Crippen LogP contribution >= 0.6 is 15.9 Å². The Morgan fingerprint density at radius 3 is 2.58 bits per heavy atom. The van der Waals surface area contributed by atoms with E-state index in [-0.39, 0.29) is 6.61 Å². The summed E-state index contributed by atoms with van der Waals surface area (Å²) >= 11 is 3.40. The molecule has 0 fully saturated rings. The van der Waals surface area contributed by atoms with E-state index in [9.17, 15) is 9.59 Å². The van der Waals surface area contributed by atoms with Gasteiger partial charge in [-0.2, -0.15) is 0 Å². The molecule has 0 saturated carbocycles. The zero-order valence-electron chi connectivity index (χ0n) is 14.3. The Labute approximate surface area is 158 Å². The van der Waals surface area contributed by atoms with Crippen molar-refractivity contribution in [2.24, 2.45) is 0 Å². The predicted octanol–water partition coefficient (Wildman–Crippen LogP) is 4.55. The maximum atomic E-state index is 12.0. The van der Waals surface area contributed by atoms with Crippen LogP contribution in [0.5, 0.6) is 5.75 Å². The van der Waals surface area contributed by atoms with E-state index in [1.165, 1.54) is 6.07 Å². The molecule has 0 spiro atoms. The van der Waals surface area contributed by atoms with E-state index in [0.717, 1.165) is 21.0 Å². The van der Waals surface area contributed by atoms with E-state index in [2.05, 4.69) is 15.9 Å². The smallest absolute Gasteiger partial charge is 0.347 e. The van der Waals surface area contributed by atoms with Gasteiger partial charge in [0.2, 0.25) is 0 Å². The van der Waals surface area contributed by atoms with Gasteiger partial charge >= 0.3 is 11.6 Å². The summed E-state index contributed by atoms with van der Waals surface area (Å²) in [5.74, 6) is -0.0215. The minimum atomic E-state index is -0.756. The standard InChI is InChI=1S/C20H17BrO5/c1-3-24-20(23)12(2)25-15-8-9-16-17(11-19(22)26-18(16)10-15)13-4-6-14(21)7-5-13/h4-12H,3H2,1-2H3. The number of rotatable bonds is 5. The molecular weight excluding hydrogens is 400 g/mol. The molecule has 5 nitrogen and oxygen atoms in total. The molecule has 0 bridgehead atoms. The molecule has 0 aliphatic carbocycles. The Bertz CT molecular complexity index is 991. The number of ether oxygens (including phenoxy) is 2. The number of esters is 1. The number of hydrogen-bond donors (Lipinski definition) is 0. The molecule has 134 valence electrons. The molecule has 1 aromatic heterocycles. The Balaban J connectivity index is 1.99. The van der Waals surface area contributed by atoms with Crippen molar-refractivity contribution in [2.45, 2.75) is 20.0 Å². The summed E-state index contributed by atoms with van der Waals surface area (Å²) in [7, 11) is 0. The lowest BCUT2D eigenvalue weighted by Gasteiger charge is -2.14. The molecule has 2 aromatic carbocycles. The summed E-state index contributed by atoms with van der Waals surface area (Å²) in [6, 6.07) is 14.3. The Morgan fingerprint density at radius 2 is 1.88 bits per heavy atom. The van der Waals surface area contributed by atoms with Gasteiger partial charge in [-0.3, -0.25) is 0 Å².